The molecule has 21 heavy (non-hydrogen) atoms. The Kier molecular flexibility index (Phi) is 4.68. The summed E-state index contributed by atoms with van der Waals surface area (Å²) in [6.07, 6.45) is 2.41. The number of aryl methyl sites for hydroxylation is 1. The third kappa shape index (κ3) is 3.26. The van der Waals surface area contributed by atoms with Crippen LogP contribution in [0.2, 0.25) is 0 Å². The monoisotopic (exact) mass is 310 g/mol. The summed E-state index contributed by atoms with van der Waals surface area (Å²) >= 11 is 0. The van der Waals surface area contributed by atoms with Crippen molar-refractivity contribution < 1.29 is 13.6 Å². The average Bonchev–Trinajstić information content (AvgIpc) is 2.42. The fourth-order valence-corrected chi connectivity index (χ4v) is 3.69. The predicted molar refractivity (Wildman–Crippen MR) is 88.0 cm³/mol. The van der Waals surface area contributed by atoms with Crippen LogP contribution < -0.4 is 4.52 Å². The van der Waals surface area contributed by atoms with Gasteiger partial charge in [-0.25, -0.2) is 0 Å². The maximum Gasteiger partial charge on any atom is 0.396 e. The van der Waals surface area contributed by atoms with Gasteiger partial charge in [-0.15, -0.1) is 0 Å². The van der Waals surface area contributed by atoms with Gasteiger partial charge in [0.25, 0.3) is 0 Å². The Hall–Kier alpha value is -0.630. The van der Waals surface area contributed by atoms with Gasteiger partial charge in [-0.2, -0.15) is 0 Å². The van der Waals surface area contributed by atoms with Crippen LogP contribution in [-0.4, -0.2) is 14.2 Å². The van der Waals surface area contributed by atoms with Crippen molar-refractivity contribution in [2.24, 2.45) is 0 Å². The van der Waals surface area contributed by atoms with E-state index >= 15 is 0 Å². The van der Waals surface area contributed by atoms with Crippen LogP contribution in [-0.2, 0) is 19.9 Å². The highest BCUT2D eigenvalue weighted by molar-refractivity contribution is 7.42. The second kappa shape index (κ2) is 5.87. The van der Waals surface area contributed by atoms with Gasteiger partial charge in [0.15, 0.2) is 0 Å². The molecule has 1 aromatic carbocycles. The largest absolute Gasteiger partial charge is 0.426 e. The van der Waals surface area contributed by atoms with Gasteiger partial charge < -0.3 is 13.6 Å². The maximum atomic E-state index is 5.89. The minimum absolute atomic E-state index is 0.180. The van der Waals surface area contributed by atoms with Crippen molar-refractivity contribution in [1.82, 2.24) is 0 Å². The molecule has 0 unspecified atom stereocenters. The lowest BCUT2D eigenvalue weighted by molar-refractivity contribution is 0.275. The number of benzene rings is 1. The topological polar surface area (TPSA) is 27.7 Å². The lowest BCUT2D eigenvalue weighted by Crippen LogP contribution is -2.33. The van der Waals surface area contributed by atoms with Gasteiger partial charge in [0.05, 0.1) is 0 Å². The second-order valence-electron chi connectivity index (χ2n) is 7.11. The Balaban J connectivity index is 2.49. The molecule has 118 valence electrons. The smallest absolute Gasteiger partial charge is 0.396 e. The molecule has 1 aliphatic carbocycles. The SMILES string of the molecule is COP(OC)Oc1cc2c(cc1C)C(C)(C)CCC2(C)C. The maximum absolute atomic E-state index is 5.89. The fraction of sp³-hybridized carbons (Fsp3) is 0.647. The standard InChI is InChI=1S/C17H27O3P/c1-12-10-13-14(11-15(12)20-21(18-6)19-7)17(4,5)9-8-16(13,2)3/h10-11H,8-9H2,1-7H3. The highest BCUT2D eigenvalue weighted by Crippen LogP contribution is 2.49. The zero-order valence-electron chi connectivity index (χ0n) is 14.2. The molecule has 0 heterocycles. The average molecular weight is 310 g/mol. The van der Waals surface area contributed by atoms with Gasteiger partial charge in [-0.05, 0) is 53.4 Å². The zero-order valence-corrected chi connectivity index (χ0v) is 15.1. The Labute approximate surface area is 130 Å². The van der Waals surface area contributed by atoms with Crippen molar-refractivity contribution >= 4 is 8.60 Å². The van der Waals surface area contributed by atoms with E-state index in [1.165, 1.54) is 24.0 Å². The van der Waals surface area contributed by atoms with Crippen LogP contribution >= 0.6 is 8.60 Å². The molecule has 0 amide bonds. The summed E-state index contributed by atoms with van der Waals surface area (Å²) in [4.78, 5) is 0. The molecule has 0 radical (unpaired) electrons. The van der Waals surface area contributed by atoms with E-state index in [-0.39, 0.29) is 10.8 Å². The third-order valence-electron chi connectivity index (χ3n) is 4.62. The summed E-state index contributed by atoms with van der Waals surface area (Å²) in [5, 5.41) is 0. The van der Waals surface area contributed by atoms with Gasteiger partial charge in [0.2, 0.25) is 0 Å². The van der Waals surface area contributed by atoms with Crippen LogP contribution in [0.4, 0.5) is 0 Å². The molecule has 0 saturated carbocycles. The molecule has 1 aliphatic rings. The molecule has 1 aromatic rings. The van der Waals surface area contributed by atoms with E-state index in [9.17, 15) is 0 Å². The van der Waals surface area contributed by atoms with Gasteiger partial charge in [0.1, 0.15) is 5.75 Å². The van der Waals surface area contributed by atoms with Gasteiger partial charge >= 0.3 is 8.60 Å². The van der Waals surface area contributed by atoms with Crippen LogP contribution in [0.3, 0.4) is 0 Å². The first-order valence-electron chi connectivity index (χ1n) is 7.43. The highest BCUT2D eigenvalue weighted by Gasteiger charge is 2.37. The van der Waals surface area contributed by atoms with Crippen LogP contribution in [0.5, 0.6) is 5.75 Å². The van der Waals surface area contributed by atoms with Crippen LogP contribution in [0.1, 0.15) is 57.2 Å². The van der Waals surface area contributed by atoms with E-state index in [4.69, 9.17) is 13.6 Å². The van der Waals surface area contributed by atoms with E-state index < -0.39 is 8.60 Å². The minimum Gasteiger partial charge on any atom is -0.426 e. The Bertz CT molecular complexity index is 519. The van der Waals surface area contributed by atoms with Gasteiger partial charge in [-0.1, -0.05) is 33.8 Å². The number of rotatable bonds is 4. The van der Waals surface area contributed by atoms with Crippen molar-refractivity contribution in [1.29, 1.82) is 0 Å². The second-order valence-corrected chi connectivity index (χ2v) is 8.47. The number of hydrogen-bond donors (Lipinski definition) is 0. The van der Waals surface area contributed by atoms with Crippen molar-refractivity contribution in [3.63, 3.8) is 0 Å². The molecule has 3 nitrogen and oxygen atoms in total. The van der Waals surface area contributed by atoms with E-state index in [0.29, 0.717) is 0 Å². The zero-order chi connectivity index (χ0) is 15.8. The molecule has 0 N–H and O–H groups in total. The first-order chi connectivity index (χ1) is 9.71. The van der Waals surface area contributed by atoms with Crippen LogP contribution in [0, 0.1) is 6.92 Å². The summed E-state index contributed by atoms with van der Waals surface area (Å²) < 4.78 is 16.3. The fourth-order valence-electron chi connectivity index (χ4n) is 3.03. The van der Waals surface area contributed by atoms with Crippen molar-refractivity contribution in [2.75, 3.05) is 14.2 Å². The Morgan fingerprint density at radius 3 is 1.86 bits per heavy atom. The molecule has 0 aliphatic heterocycles. The van der Waals surface area contributed by atoms with Gasteiger partial charge in [-0.3, -0.25) is 0 Å². The highest BCUT2D eigenvalue weighted by atomic mass is 31.2. The number of fused-ring (bicyclic) bond motifs is 1. The summed E-state index contributed by atoms with van der Waals surface area (Å²) in [5.41, 5.74) is 4.38. The molecule has 0 fully saturated rings. The molecular formula is C17H27O3P. The molecule has 0 bridgehead atoms. The molecule has 0 spiro atoms. The normalized spacial score (nSPS) is 19.4. The van der Waals surface area contributed by atoms with E-state index in [1.54, 1.807) is 14.2 Å². The van der Waals surface area contributed by atoms with Crippen LogP contribution in [0.15, 0.2) is 12.1 Å². The van der Waals surface area contributed by atoms with Gasteiger partial charge in [0, 0.05) is 14.2 Å². The summed E-state index contributed by atoms with van der Waals surface area (Å²) in [6, 6.07) is 4.48. The third-order valence-corrected chi connectivity index (χ3v) is 5.56. The molecular weight excluding hydrogens is 283 g/mol. The first kappa shape index (κ1) is 16.7. The lowest BCUT2D eigenvalue weighted by atomic mass is 9.63. The van der Waals surface area contributed by atoms with Crippen molar-refractivity contribution in [2.45, 2.75) is 58.3 Å². The quantitative estimate of drug-likeness (QED) is 0.712. The summed E-state index contributed by atoms with van der Waals surface area (Å²) in [6.45, 7) is 11.4. The number of hydrogen-bond acceptors (Lipinski definition) is 3. The molecule has 2 rings (SSSR count). The van der Waals surface area contributed by atoms with E-state index in [0.717, 1.165) is 11.3 Å². The van der Waals surface area contributed by atoms with Crippen molar-refractivity contribution in [3.8, 4) is 5.75 Å². The first-order valence-corrected chi connectivity index (χ1v) is 8.53. The van der Waals surface area contributed by atoms with Crippen LogP contribution in [0.25, 0.3) is 0 Å². The summed E-state index contributed by atoms with van der Waals surface area (Å²) in [5.74, 6) is 0.870. The van der Waals surface area contributed by atoms with E-state index in [1.807, 2.05) is 0 Å². The molecule has 0 saturated heterocycles. The minimum atomic E-state index is -1.32. The predicted octanol–water partition coefficient (Wildman–Crippen LogP) is 5.24. The lowest BCUT2D eigenvalue weighted by Gasteiger charge is -2.42. The molecule has 4 heteroatoms. The molecule has 0 atom stereocenters. The molecule has 0 aromatic heterocycles. The Morgan fingerprint density at radius 1 is 0.905 bits per heavy atom. The van der Waals surface area contributed by atoms with E-state index in [2.05, 4.69) is 46.8 Å². The Morgan fingerprint density at radius 2 is 1.38 bits per heavy atom. The summed E-state index contributed by atoms with van der Waals surface area (Å²) in [7, 11) is 1.90. The van der Waals surface area contributed by atoms with Crippen molar-refractivity contribution in [3.05, 3.63) is 28.8 Å².